The minimum atomic E-state index is -0.564. The van der Waals surface area contributed by atoms with Crippen LogP contribution in [0.15, 0.2) is 24.3 Å². The number of hydrazine groups is 1. The number of halogens is 1. The number of carbonyl (C=O) groups excluding carboxylic acids is 2. The summed E-state index contributed by atoms with van der Waals surface area (Å²) >= 11 is 6.08. The van der Waals surface area contributed by atoms with Crippen molar-refractivity contribution >= 4 is 23.4 Å². The summed E-state index contributed by atoms with van der Waals surface area (Å²) in [6, 6.07) is 7.66. The maximum atomic E-state index is 13.8. The molecule has 0 unspecified atom stereocenters. The Morgan fingerprint density at radius 2 is 1.74 bits per heavy atom. The SMILES string of the molecule is CC(C)CN(C1CCN(C(=O)[C@@H](Cc2ccc(Cl)cc2)NC(=O)C[C@H]2CCCN2)CC1)N1CCN(C)CC1. The molecule has 1 aromatic carbocycles. The number of nitrogens with zero attached hydrogens (tertiary/aromatic N) is 4. The number of benzene rings is 1. The minimum absolute atomic E-state index is 0.0288. The van der Waals surface area contributed by atoms with E-state index in [1.165, 1.54) is 0 Å². The van der Waals surface area contributed by atoms with Crippen LogP contribution < -0.4 is 10.6 Å². The first kappa shape index (κ1) is 29.3. The van der Waals surface area contributed by atoms with Gasteiger partial charge in [0.2, 0.25) is 11.8 Å². The van der Waals surface area contributed by atoms with Gasteiger partial charge in [-0.3, -0.25) is 9.59 Å². The molecular formula is C29H47ClN6O2. The predicted octanol–water partition coefficient (Wildman–Crippen LogP) is 2.62. The van der Waals surface area contributed by atoms with E-state index in [1.807, 2.05) is 29.2 Å². The van der Waals surface area contributed by atoms with Crippen LogP contribution in [-0.4, -0.2) is 109 Å². The molecule has 8 nitrogen and oxygen atoms in total. The molecule has 0 spiro atoms. The van der Waals surface area contributed by atoms with Crippen molar-refractivity contribution in [2.24, 2.45) is 5.92 Å². The average Bonchev–Trinajstić information content (AvgIpc) is 3.41. The van der Waals surface area contributed by atoms with Gasteiger partial charge in [-0.25, -0.2) is 10.0 Å². The maximum Gasteiger partial charge on any atom is 0.245 e. The van der Waals surface area contributed by atoms with Gasteiger partial charge in [-0.05, 0) is 62.9 Å². The highest BCUT2D eigenvalue weighted by molar-refractivity contribution is 6.30. The number of carbonyl (C=O) groups is 2. The Bertz CT molecular complexity index is 891. The normalized spacial score (nSPS) is 22.8. The van der Waals surface area contributed by atoms with E-state index in [2.05, 4.69) is 46.4 Å². The van der Waals surface area contributed by atoms with E-state index in [-0.39, 0.29) is 17.9 Å². The molecule has 9 heteroatoms. The molecule has 3 saturated heterocycles. The highest BCUT2D eigenvalue weighted by Crippen LogP contribution is 2.22. The first-order valence-corrected chi connectivity index (χ1v) is 14.9. The van der Waals surface area contributed by atoms with Crippen molar-refractivity contribution in [1.82, 2.24) is 30.5 Å². The Balaban J connectivity index is 1.38. The van der Waals surface area contributed by atoms with Gasteiger partial charge in [0.1, 0.15) is 6.04 Å². The van der Waals surface area contributed by atoms with Crippen LogP contribution in [0.1, 0.15) is 51.5 Å². The highest BCUT2D eigenvalue weighted by atomic mass is 35.5. The lowest BCUT2D eigenvalue weighted by molar-refractivity contribution is -0.141. The molecule has 0 saturated carbocycles. The van der Waals surface area contributed by atoms with Gasteiger partial charge in [0.25, 0.3) is 0 Å². The molecule has 3 heterocycles. The van der Waals surface area contributed by atoms with Crippen LogP contribution in [0.2, 0.25) is 5.02 Å². The molecule has 3 aliphatic rings. The van der Waals surface area contributed by atoms with Crippen molar-refractivity contribution in [2.45, 2.75) is 70.5 Å². The fourth-order valence-corrected chi connectivity index (χ4v) is 6.12. The highest BCUT2D eigenvalue weighted by Gasteiger charge is 2.34. The first-order valence-electron chi connectivity index (χ1n) is 14.5. The fraction of sp³-hybridized carbons (Fsp3) is 0.724. The summed E-state index contributed by atoms with van der Waals surface area (Å²) in [6.45, 7) is 12.3. The molecule has 38 heavy (non-hydrogen) atoms. The monoisotopic (exact) mass is 546 g/mol. The van der Waals surface area contributed by atoms with Crippen LogP contribution in [0.4, 0.5) is 0 Å². The quantitative estimate of drug-likeness (QED) is 0.470. The van der Waals surface area contributed by atoms with Gasteiger partial charge >= 0.3 is 0 Å². The van der Waals surface area contributed by atoms with E-state index in [9.17, 15) is 9.59 Å². The zero-order valence-electron chi connectivity index (χ0n) is 23.5. The standard InChI is InChI=1S/C29H47ClN6O2/c1-22(2)21-36(35-17-15-33(3)16-18-35)26-10-13-34(14-11-26)29(38)27(19-23-6-8-24(30)9-7-23)32-28(37)20-25-5-4-12-31-25/h6-9,22,25-27,31H,4-5,10-21H2,1-3H3,(H,32,37)/t25-,27-/m1/s1. The number of likely N-dealkylation sites (tertiary alicyclic amines) is 1. The van der Waals surface area contributed by atoms with E-state index in [0.717, 1.165) is 83.6 Å². The van der Waals surface area contributed by atoms with E-state index in [1.54, 1.807) is 0 Å². The van der Waals surface area contributed by atoms with Gasteiger partial charge in [-0.1, -0.05) is 37.6 Å². The molecule has 3 fully saturated rings. The number of piperidine rings is 1. The Kier molecular flexibility index (Phi) is 10.8. The maximum absolute atomic E-state index is 13.8. The Hall–Kier alpha value is -1.71. The van der Waals surface area contributed by atoms with Crippen molar-refractivity contribution in [3.63, 3.8) is 0 Å². The molecule has 3 aliphatic heterocycles. The fourth-order valence-electron chi connectivity index (χ4n) is 5.99. The van der Waals surface area contributed by atoms with Gasteiger partial charge in [-0.2, -0.15) is 0 Å². The number of amides is 2. The Morgan fingerprint density at radius 1 is 1.05 bits per heavy atom. The van der Waals surface area contributed by atoms with Crippen LogP contribution in [0.5, 0.6) is 0 Å². The third-order valence-corrected chi connectivity index (χ3v) is 8.43. The van der Waals surface area contributed by atoms with Crippen LogP contribution in [-0.2, 0) is 16.0 Å². The lowest BCUT2D eigenvalue weighted by Gasteiger charge is -2.47. The lowest BCUT2D eigenvalue weighted by atomic mass is 9.99. The number of nitrogens with one attached hydrogen (secondary N) is 2. The molecule has 4 rings (SSSR count). The topological polar surface area (TPSA) is 71.2 Å². The first-order chi connectivity index (χ1) is 18.3. The van der Waals surface area contributed by atoms with Gasteiger partial charge < -0.3 is 20.4 Å². The number of hydrogen-bond acceptors (Lipinski definition) is 6. The zero-order chi connectivity index (χ0) is 27.1. The second-order valence-corrected chi connectivity index (χ2v) is 12.2. The number of hydrogen-bond donors (Lipinski definition) is 2. The third-order valence-electron chi connectivity index (χ3n) is 8.17. The van der Waals surface area contributed by atoms with Crippen LogP contribution >= 0.6 is 11.6 Å². The molecule has 0 radical (unpaired) electrons. The molecule has 0 bridgehead atoms. The second-order valence-electron chi connectivity index (χ2n) is 11.8. The molecule has 2 atom stereocenters. The summed E-state index contributed by atoms with van der Waals surface area (Å²) < 4.78 is 0. The Morgan fingerprint density at radius 3 is 2.34 bits per heavy atom. The molecular weight excluding hydrogens is 500 g/mol. The summed E-state index contributed by atoms with van der Waals surface area (Å²) in [6.07, 6.45) is 4.91. The van der Waals surface area contributed by atoms with Crippen LogP contribution in [0.3, 0.4) is 0 Å². The summed E-state index contributed by atoms with van der Waals surface area (Å²) in [7, 11) is 2.19. The van der Waals surface area contributed by atoms with Gasteiger partial charge in [-0.15, -0.1) is 0 Å². The molecule has 2 amide bonds. The molecule has 0 aromatic heterocycles. The summed E-state index contributed by atoms with van der Waals surface area (Å²) in [5.74, 6) is 0.563. The van der Waals surface area contributed by atoms with Gasteiger partial charge in [0, 0.05) is 75.8 Å². The summed E-state index contributed by atoms with van der Waals surface area (Å²) in [5, 5.41) is 12.3. The largest absolute Gasteiger partial charge is 0.344 e. The average molecular weight is 547 g/mol. The van der Waals surface area contributed by atoms with Crippen molar-refractivity contribution in [3.05, 3.63) is 34.9 Å². The molecule has 212 valence electrons. The smallest absolute Gasteiger partial charge is 0.245 e. The molecule has 2 N–H and O–H groups in total. The molecule has 1 aromatic rings. The van der Waals surface area contributed by atoms with Gasteiger partial charge in [0.15, 0.2) is 0 Å². The second kappa shape index (κ2) is 14.1. The van der Waals surface area contributed by atoms with Crippen LogP contribution in [0, 0.1) is 5.92 Å². The van der Waals surface area contributed by atoms with E-state index >= 15 is 0 Å². The number of rotatable bonds is 10. The van der Waals surface area contributed by atoms with E-state index in [4.69, 9.17) is 11.6 Å². The predicted molar refractivity (Wildman–Crippen MR) is 153 cm³/mol. The third kappa shape index (κ3) is 8.39. The zero-order valence-corrected chi connectivity index (χ0v) is 24.3. The minimum Gasteiger partial charge on any atom is -0.344 e. The van der Waals surface area contributed by atoms with Crippen molar-refractivity contribution < 1.29 is 9.59 Å². The van der Waals surface area contributed by atoms with E-state index < -0.39 is 6.04 Å². The van der Waals surface area contributed by atoms with Gasteiger partial charge in [0.05, 0.1) is 0 Å². The number of piperazine rings is 1. The Labute approximate surface area is 234 Å². The van der Waals surface area contributed by atoms with Crippen molar-refractivity contribution in [1.29, 1.82) is 0 Å². The lowest BCUT2D eigenvalue weighted by Crippen LogP contribution is -2.60. The summed E-state index contributed by atoms with van der Waals surface area (Å²) in [5.41, 5.74) is 1.00. The van der Waals surface area contributed by atoms with Crippen LogP contribution in [0.25, 0.3) is 0 Å². The van der Waals surface area contributed by atoms with Crippen molar-refractivity contribution in [2.75, 3.05) is 59.4 Å². The number of likely N-dealkylation sites (N-methyl/N-ethyl adjacent to an activating group) is 1. The summed E-state index contributed by atoms with van der Waals surface area (Å²) in [4.78, 5) is 31.1. The van der Waals surface area contributed by atoms with E-state index in [0.29, 0.717) is 29.8 Å². The molecule has 0 aliphatic carbocycles. The van der Waals surface area contributed by atoms with Crippen molar-refractivity contribution in [3.8, 4) is 0 Å².